The molecule has 1 saturated heterocycles. The molecule has 4 rings (SSSR count). The Morgan fingerprint density at radius 3 is 2.38 bits per heavy atom. The molecule has 0 radical (unpaired) electrons. The topological polar surface area (TPSA) is 134 Å². The molecular weight excluding hydrogens is 434 g/mol. The quantitative estimate of drug-likeness (QED) is 0.439. The smallest absolute Gasteiger partial charge is 0.270 e. The first-order chi connectivity index (χ1) is 15.3. The molecule has 3 heterocycles. The fraction of sp³-hybridized carbons (Fsp3) is 0.250. The van der Waals surface area contributed by atoms with Gasteiger partial charge in [0.1, 0.15) is 5.82 Å². The predicted molar refractivity (Wildman–Crippen MR) is 118 cm³/mol. The van der Waals surface area contributed by atoms with E-state index in [0.29, 0.717) is 30.5 Å². The zero-order chi connectivity index (χ0) is 22.7. The largest absolute Gasteiger partial charge is 0.352 e. The number of nitrogens with one attached hydrogen (secondary N) is 1. The summed E-state index contributed by atoms with van der Waals surface area (Å²) in [5, 5.41) is 22.5. The zero-order valence-corrected chi connectivity index (χ0v) is 18.1. The Balaban J connectivity index is 1.39. The molecule has 0 saturated carbocycles. The van der Waals surface area contributed by atoms with Gasteiger partial charge in [0.05, 0.1) is 9.82 Å². The number of sulfonamides is 1. The van der Waals surface area contributed by atoms with Crippen LogP contribution in [0.3, 0.4) is 0 Å². The number of hydrogen-bond acceptors (Lipinski definition) is 9. The van der Waals surface area contributed by atoms with E-state index in [1.807, 2.05) is 30.0 Å². The van der Waals surface area contributed by atoms with Gasteiger partial charge in [-0.2, -0.15) is 4.31 Å². The second-order valence-corrected chi connectivity index (χ2v) is 9.21. The predicted octanol–water partition coefficient (Wildman–Crippen LogP) is 2.34. The summed E-state index contributed by atoms with van der Waals surface area (Å²) in [6.07, 6.45) is 1.76. The van der Waals surface area contributed by atoms with Crippen molar-refractivity contribution >= 4 is 33.2 Å². The Kier molecular flexibility index (Phi) is 5.97. The first-order valence-electron chi connectivity index (χ1n) is 9.86. The number of aryl methyl sites for hydroxylation is 1. The van der Waals surface area contributed by atoms with Gasteiger partial charge in [-0.05, 0) is 36.8 Å². The monoisotopic (exact) mass is 455 g/mol. The van der Waals surface area contributed by atoms with E-state index in [2.05, 4.69) is 20.5 Å². The number of hydrogen-bond donors (Lipinski definition) is 1. The average molecular weight is 456 g/mol. The molecule has 1 fully saturated rings. The van der Waals surface area contributed by atoms with Crippen molar-refractivity contribution in [1.29, 1.82) is 0 Å². The van der Waals surface area contributed by atoms with Crippen molar-refractivity contribution in [3.8, 4) is 0 Å². The minimum atomic E-state index is -3.82. The molecule has 3 aromatic rings. The van der Waals surface area contributed by atoms with Gasteiger partial charge in [0, 0.05) is 44.5 Å². The molecule has 0 spiro atoms. The lowest BCUT2D eigenvalue weighted by Gasteiger charge is -2.34. The van der Waals surface area contributed by atoms with Crippen LogP contribution in [-0.4, -0.2) is 59.0 Å². The molecule has 0 amide bonds. The molecule has 1 aliphatic heterocycles. The highest BCUT2D eigenvalue weighted by molar-refractivity contribution is 7.89. The lowest BCUT2D eigenvalue weighted by atomic mass is 10.3. The van der Waals surface area contributed by atoms with Crippen LogP contribution in [0.25, 0.3) is 0 Å². The molecule has 0 atom stereocenters. The third kappa shape index (κ3) is 4.65. The summed E-state index contributed by atoms with van der Waals surface area (Å²) < 4.78 is 27.1. The van der Waals surface area contributed by atoms with Gasteiger partial charge in [0.25, 0.3) is 5.69 Å². The minimum absolute atomic E-state index is 0.0833. The van der Waals surface area contributed by atoms with Gasteiger partial charge >= 0.3 is 0 Å². The highest BCUT2D eigenvalue weighted by Gasteiger charge is 2.30. The van der Waals surface area contributed by atoms with E-state index in [-0.39, 0.29) is 23.7 Å². The van der Waals surface area contributed by atoms with Crippen molar-refractivity contribution in [3.63, 3.8) is 0 Å². The number of rotatable bonds is 6. The van der Waals surface area contributed by atoms with Crippen LogP contribution in [0.4, 0.5) is 23.1 Å². The van der Waals surface area contributed by atoms with Crippen LogP contribution in [0.2, 0.25) is 0 Å². The lowest BCUT2D eigenvalue weighted by Crippen LogP contribution is -2.49. The van der Waals surface area contributed by atoms with Crippen LogP contribution in [0.15, 0.2) is 59.6 Å². The fourth-order valence-corrected chi connectivity index (χ4v) is 4.76. The molecule has 0 bridgehead atoms. The van der Waals surface area contributed by atoms with Crippen molar-refractivity contribution < 1.29 is 13.3 Å². The van der Waals surface area contributed by atoms with Gasteiger partial charge in [-0.25, -0.2) is 13.4 Å². The Labute approximate surface area is 184 Å². The van der Waals surface area contributed by atoms with E-state index >= 15 is 0 Å². The summed E-state index contributed by atoms with van der Waals surface area (Å²) in [5.74, 6) is 1.86. The van der Waals surface area contributed by atoms with Crippen molar-refractivity contribution in [1.82, 2.24) is 19.5 Å². The third-order valence-corrected chi connectivity index (χ3v) is 6.94. The standard InChI is InChI=1S/C20H21N7O4S/c1-15-5-6-18(21-14-15)22-19-7-8-20(24-23-19)25-9-11-26(12-10-25)32(30,31)17-4-2-3-16(13-17)27(28)29/h2-8,13-14H,9-12H2,1H3,(H,21,22,23). The molecule has 1 aliphatic rings. The van der Waals surface area contributed by atoms with E-state index in [1.165, 1.54) is 22.5 Å². The number of piperazine rings is 1. The molecular formula is C20H21N7O4S. The Morgan fingerprint density at radius 2 is 1.75 bits per heavy atom. The van der Waals surface area contributed by atoms with Crippen LogP contribution in [0, 0.1) is 17.0 Å². The summed E-state index contributed by atoms with van der Waals surface area (Å²) in [5.41, 5.74) is 0.804. The van der Waals surface area contributed by atoms with Crippen LogP contribution in [-0.2, 0) is 10.0 Å². The minimum Gasteiger partial charge on any atom is -0.352 e. The maximum Gasteiger partial charge on any atom is 0.270 e. The highest BCUT2D eigenvalue weighted by Crippen LogP contribution is 2.23. The van der Waals surface area contributed by atoms with E-state index < -0.39 is 14.9 Å². The maximum atomic E-state index is 12.9. The average Bonchev–Trinajstić information content (AvgIpc) is 2.81. The van der Waals surface area contributed by atoms with E-state index in [0.717, 1.165) is 11.6 Å². The van der Waals surface area contributed by atoms with Gasteiger partial charge < -0.3 is 10.2 Å². The van der Waals surface area contributed by atoms with Crippen LogP contribution in [0.1, 0.15) is 5.56 Å². The molecule has 0 unspecified atom stereocenters. The number of nitro groups is 1. The lowest BCUT2D eigenvalue weighted by molar-refractivity contribution is -0.385. The van der Waals surface area contributed by atoms with Crippen molar-refractivity contribution in [2.45, 2.75) is 11.8 Å². The number of anilines is 3. The van der Waals surface area contributed by atoms with E-state index in [4.69, 9.17) is 0 Å². The molecule has 12 heteroatoms. The van der Waals surface area contributed by atoms with E-state index in [9.17, 15) is 18.5 Å². The van der Waals surface area contributed by atoms with E-state index in [1.54, 1.807) is 12.3 Å². The first-order valence-corrected chi connectivity index (χ1v) is 11.3. The fourth-order valence-electron chi connectivity index (χ4n) is 3.30. The molecule has 2 aromatic heterocycles. The number of benzene rings is 1. The summed E-state index contributed by atoms with van der Waals surface area (Å²) >= 11 is 0. The van der Waals surface area contributed by atoms with Crippen molar-refractivity contribution in [3.05, 3.63) is 70.4 Å². The summed E-state index contributed by atoms with van der Waals surface area (Å²) in [6.45, 7) is 3.28. The van der Waals surface area contributed by atoms with Gasteiger partial charge in [-0.3, -0.25) is 10.1 Å². The molecule has 32 heavy (non-hydrogen) atoms. The summed E-state index contributed by atoms with van der Waals surface area (Å²) in [6, 6.07) is 12.5. The van der Waals surface area contributed by atoms with Gasteiger partial charge in [0.15, 0.2) is 11.6 Å². The molecule has 166 valence electrons. The molecule has 0 aliphatic carbocycles. The zero-order valence-electron chi connectivity index (χ0n) is 17.2. The van der Waals surface area contributed by atoms with Crippen LogP contribution >= 0.6 is 0 Å². The van der Waals surface area contributed by atoms with Crippen molar-refractivity contribution in [2.24, 2.45) is 0 Å². The van der Waals surface area contributed by atoms with Gasteiger partial charge in [-0.15, -0.1) is 10.2 Å². The maximum absolute atomic E-state index is 12.9. The molecule has 1 N–H and O–H groups in total. The number of non-ortho nitro benzene ring substituents is 1. The summed E-state index contributed by atoms with van der Waals surface area (Å²) in [7, 11) is -3.82. The van der Waals surface area contributed by atoms with Gasteiger partial charge in [-0.1, -0.05) is 12.1 Å². The molecule has 1 aromatic carbocycles. The third-order valence-electron chi connectivity index (χ3n) is 5.05. The van der Waals surface area contributed by atoms with Crippen molar-refractivity contribution in [2.75, 3.05) is 36.4 Å². The van der Waals surface area contributed by atoms with Crippen LogP contribution < -0.4 is 10.2 Å². The number of pyridine rings is 1. The Hall–Kier alpha value is -3.64. The summed E-state index contributed by atoms with van der Waals surface area (Å²) in [4.78, 5) is 16.5. The number of nitrogens with zero attached hydrogens (tertiary/aromatic N) is 6. The normalized spacial score (nSPS) is 14.8. The van der Waals surface area contributed by atoms with Gasteiger partial charge in [0.2, 0.25) is 10.0 Å². The number of aromatic nitrogens is 3. The van der Waals surface area contributed by atoms with Crippen LogP contribution in [0.5, 0.6) is 0 Å². The highest BCUT2D eigenvalue weighted by atomic mass is 32.2. The Bertz CT molecular complexity index is 1210. The second-order valence-electron chi connectivity index (χ2n) is 7.27. The number of nitro benzene ring substituents is 1. The SMILES string of the molecule is Cc1ccc(Nc2ccc(N3CCN(S(=O)(=O)c4cccc([N+](=O)[O-])c4)CC3)nn2)nc1. The first kappa shape index (κ1) is 21.6. The Morgan fingerprint density at radius 1 is 1.00 bits per heavy atom. The second kappa shape index (κ2) is 8.85. The molecule has 11 nitrogen and oxygen atoms in total.